The van der Waals surface area contributed by atoms with Gasteiger partial charge in [0.05, 0.1) is 11.3 Å². The summed E-state index contributed by atoms with van der Waals surface area (Å²) in [5.41, 5.74) is 1.78. The molecule has 0 saturated carbocycles. The van der Waals surface area contributed by atoms with E-state index >= 15 is 0 Å². The van der Waals surface area contributed by atoms with Gasteiger partial charge >= 0.3 is 0 Å². The summed E-state index contributed by atoms with van der Waals surface area (Å²) in [5, 5.41) is 9.15. The van der Waals surface area contributed by atoms with Crippen LogP contribution in [0.4, 0.5) is 5.69 Å². The summed E-state index contributed by atoms with van der Waals surface area (Å²) >= 11 is 3.47. The predicted molar refractivity (Wildman–Crippen MR) is 76.2 cm³/mol. The number of nitriles is 1. The highest BCUT2D eigenvalue weighted by molar-refractivity contribution is 9.10. The van der Waals surface area contributed by atoms with Crippen LogP contribution in [0.2, 0.25) is 0 Å². The van der Waals surface area contributed by atoms with Crippen molar-refractivity contribution in [3.63, 3.8) is 0 Å². The van der Waals surface area contributed by atoms with Gasteiger partial charge in [-0.3, -0.25) is 0 Å². The van der Waals surface area contributed by atoms with Crippen molar-refractivity contribution in [1.82, 2.24) is 0 Å². The van der Waals surface area contributed by atoms with Gasteiger partial charge in [0.15, 0.2) is 0 Å². The number of halogens is 1. The Labute approximate surface area is 112 Å². The molecule has 0 amide bonds. The average Bonchev–Trinajstić information content (AvgIpc) is 2.35. The summed E-state index contributed by atoms with van der Waals surface area (Å²) in [6.45, 7) is 8.50. The molecule has 0 radical (unpaired) electrons. The SMILES string of the molecule is CCC(C)CN(CC)c1cc(Br)ccc1C#N. The molecule has 2 nitrogen and oxygen atoms in total. The largest absolute Gasteiger partial charge is 0.370 e. The minimum atomic E-state index is 0.639. The first kappa shape index (κ1) is 14.1. The molecule has 0 bridgehead atoms. The van der Waals surface area contributed by atoms with E-state index < -0.39 is 0 Å². The fourth-order valence-electron chi connectivity index (χ4n) is 1.76. The average molecular weight is 295 g/mol. The molecule has 17 heavy (non-hydrogen) atoms. The van der Waals surface area contributed by atoms with E-state index in [-0.39, 0.29) is 0 Å². The molecule has 0 aromatic heterocycles. The summed E-state index contributed by atoms with van der Waals surface area (Å²) < 4.78 is 1.02. The van der Waals surface area contributed by atoms with E-state index in [1.165, 1.54) is 0 Å². The van der Waals surface area contributed by atoms with Gasteiger partial charge in [-0.2, -0.15) is 5.26 Å². The van der Waals surface area contributed by atoms with Crippen molar-refractivity contribution in [3.05, 3.63) is 28.2 Å². The Morgan fingerprint density at radius 3 is 2.65 bits per heavy atom. The third-order valence-corrected chi connectivity index (χ3v) is 3.52. The predicted octanol–water partition coefficient (Wildman–Crippen LogP) is 4.19. The molecule has 0 spiro atoms. The van der Waals surface area contributed by atoms with Crippen molar-refractivity contribution in [1.29, 1.82) is 5.26 Å². The van der Waals surface area contributed by atoms with Gasteiger partial charge in [0, 0.05) is 17.6 Å². The lowest BCUT2D eigenvalue weighted by atomic mass is 10.1. The number of nitrogens with zero attached hydrogens (tertiary/aromatic N) is 2. The molecule has 1 aromatic carbocycles. The van der Waals surface area contributed by atoms with E-state index in [0.29, 0.717) is 5.92 Å². The molecule has 1 rings (SSSR count). The molecule has 0 saturated heterocycles. The van der Waals surface area contributed by atoms with E-state index in [9.17, 15) is 0 Å². The van der Waals surface area contributed by atoms with Crippen molar-refractivity contribution in [2.24, 2.45) is 5.92 Å². The molecule has 92 valence electrons. The zero-order valence-corrected chi connectivity index (χ0v) is 12.3. The molecular formula is C14H19BrN2. The van der Waals surface area contributed by atoms with Crippen LogP contribution in [0.5, 0.6) is 0 Å². The van der Waals surface area contributed by atoms with Gasteiger partial charge in [-0.15, -0.1) is 0 Å². The van der Waals surface area contributed by atoms with E-state index in [0.717, 1.165) is 35.2 Å². The Balaban J connectivity index is 3.02. The Morgan fingerprint density at radius 2 is 2.12 bits per heavy atom. The zero-order chi connectivity index (χ0) is 12.8. The van der Waals surface area contributed by atoms with Crippen LogP contribution in [0, 0.1) is 17.2 Å². The van der Waals surface area contributed by atoms with Gasteiger partial charge < -0.3 is 4.90 Å². The highest BCUT2D eigenvalue weighted by atomic mass is 79.9. The minimum absolute atomic E-state index is 0.639. The van der Waals surface area contributed by atoms with Crippen molar-refractivity contribution in [2.45, 2.75) is 27.2 Å². The van der Waals surface area contributed by atoms with Gasteiger partial charge in [0.1, 0.15) is 6.07 Å². The highest BCUT2D eigenvalue weighted by Gasteiger charge is 2.12. The maximum absolute atomic E-state index is 9.15. The van der Waals surface area contributed by atoms with Gasteiger partial charge in [-0.1, -0.05) is 36.2 Å². The van der Waals surface area contributed by atoms with Crippen molar-refractivity contribution in [3.8, 4) is 6.07 Å². The first-order valence-corrected chi connectivity index (χ1v) is 6.86. The fraction of sp³-hybridized carbons (Fsp3) is 0.500. The first-order chi connectivity index (χ1) is 8.12. The normalized spacial score (nSPS) is 11.9. The Bertz CT molecular complexity index is 409. The summed E-state index contributed by atoms with van der Waals surface area (Å²) in [6.07, 6.45) is 1.16. The number of rotatable bonds is 5. The minimum Gasteiger partial charge on any atom is -0.370 e. The monoisotopic (exact) mass is 294 g/mol. The van der Waals surface area contributed by atoms with Crippen LogP contribution in [0.1, 0.15) is 32.8 Å². The third-order valence-electron chi connectivity index (χ3n) is 3.03. The summed E-state index contributed by atoms with van der Waals surface area (Å²) in [6, 6.07) is 8.09. The van der Waals surface area contributed by atoms with Crippen LogP contribution in [0.15, 0.2) is 22.7 Å². The summed E-state index contributed by atoms with van der Waals surface area (Å²) in [5.74, 6) is 0.639. The molecule has 1 atom stereocenters. The maximum atomic E-state index is 9.15. The summed E-state index contributed by atoms with van der Waals surface area (Å²) in [7, 11) is 0. The maximum Gasteiger partial charge on any atom is 0.101 e. The molecule has 0 aliphatic carbocycles. The van der Waals surface area contributed by atoms with E-state index in [1.54, 1.807) is 0 Å². The van der Waals surface area contributed by atoms with Crippen LogP contribution >= 0.6 is 15.9 Å². The smallest absolute Gasteiger partial charge is 0.101 e. The van der Waals surface area contributed by atoms with Crippen LogP contribution in [0.3, 0.4) is 0 Å². The molecule has 3 heteroatoms. The second-order valence-corrected chi connectivity index (χ2v) is 5.24. The van der Waals surface area contributed by atoms with Gasteiger partial charge in [0.25, 0.3) is 0 Å². The lowest BCUT2D eigenvalue weighted by Gasteiger charge is -2.27. The summed E-state index contributed by atoms with van der Waals surface area (Å²) in [4.78, 5) is 2.28. The molecule has 0 N–H and O–H groups in total. The van der Waals surface area contributed by atoms with Gasteiger partial charge in [-0.05, 0) is 31.0 Å². The topological polar surface area (TPSA) is 27.0 Å². The number of hydrogen-bond acceptors (Lipinski definition) is 2. The molecular weight excluding hydrogens is 276 g/mol. The fourth-order valence-corrected chi connectivity index (χ4v) is 2.11. The van der Waals surface area contributed by atoms with Gasteiger partial charge in [0.2, 0.25) is 0 Å². The highest BCUT2D eigenvalue weighted by Crippen LogP contribution is 2.25. The lowest BCUT2D eigenvalue weighted by Crippen LogP contribution is -2.28. The standard InChI is InChI=1S/C14H19BrN2/c1-4-11(3)10-17(5-2)14-8-13(15)7-6-12(14)9-16/h6-8,11H,4-5,10H2,1-3H3. The second-order valence-electron chi connectivity index (χ2n) is 4.33. The van der Waals surface area contributed by atoms with Crippen LogP contribution in [0.25, 0.3) is 0 Å². The number of hydrogen-bond donors (Lipinski definition) is 0. The first-order valence-electron chi connectivity index (χ1n) is 6.06. The third kappa shape index (κ3) is 3.74. The van der Waals surface area contributed by atoms with Gasteiger partial charge in [-0.25, -0.2) is 0 Å². The van der Waals surface area contributed by atoms with Crippen LogP contribution < -0.4 is 4.90 Å². The number of anilines is 1. The Hall–Kier alpha value is -1.01. The Kier molecular flexibility index (Phi) is 5.50. The van der Waals surface area contributed by atoms with Crippen molar-refractivity contribution < 1.29 is 0 Å². The van der Waals surface area contributed by atoms with Crippen LogP contribution in [-0.2, 0) is 0 Å². The zero-order valence-electron chi connectivity index (χ0n) is 10.7. The lowest BCUT2D eigenvalue weighted by molar-refractivity contribution is 0.548. The van der Waals surface area contributed by atoms with Crippen molar-refractivity contribution in [2.75, 3.05) is 18.0 Å². The molecule has 1 unspecified atom stereocenters. The Morgan fingerprint density at radius 1 is 1.41 bits per heavy atom. The van der Waals surface area contributed by atoms with E-state index in [4.69, 9.17) is 5.26 Å². The molecule has 0 fully saturated rings. The van der Waals surface area contributed by atoms with E-state index in [1.807, 2.05) is 18.2 Å². The molecule has 0 aliphatic rings. The second kappa shape index (κ2) is 6.66. The van der Waals surface area contributed by atoms with E-state index in [2.05, 4.69) is 47.7 Å². The molecule has 0 heterocycles. The number of benzene rings is 1. The molecule has 0 aliphatic heterocycles. The quantitative estimate of drug-likeness (QED) is 0.814. The van der Waals surface area contributed by atoms with Crippen molar-refractivity contribution >= 4 is 21.6 Å². The van der Waals surface area contributed by atoms with Crippen LogP contribution in [-0.4, -0.2) is 13.1 Å². The molecule has 1 aromatic rings.